The Morgan fingerprint density at radius 3 is 1.75 bits per heavy atom. The van der Waals surface area contributed by atoms with Crippen LogP contribution in [0, 0.1) is 12.3 Å². The number of carbonyl (C=O) groups is 6. The second-order valence-corrected chi connectivity index (χ2v) is 8.84. The van der Waals surface area contributed by atoms with Crippen LogP contribution < -0.4 is 0 Å². The standard InChI is InChI=1S/C15H15N3O5.C12H10O3.C3H5N3O2.CH4O/c1-23-14(20)9-18-8-12(16-17-18)13(19)7-4-10-2-5-11(6-3-10)15(21)22;1-2-11(13)8-5-9-3-6-10(7-4-9)12(14)15;1-8-3(7)2-5-6-4;1-2/h2-3,5-6,8H,4,7,9H2,1H3,(H,21,22);1,3-4,6-7H,5,8H2,(H,14,15);2H2,1H3;2H,1H3. The van der Waals surface area contributed by atoms with Gasteiger partial charge in [0.1, 0.15) is 18.8 Å². The van der Waals surface area contributed by atoms with E-state index < -0.39 is 23.9 Å². The lowest BCUT2D eigenvalue weighted by Gasteiger charge is -2.00. The Kier molecular flexibility index (Phi) is 20.8. The number of Topliss-reactive ketones (excluding diaryl/α,β-unsaturated/α-hetero) is 2. The highest BCUT2D eigenvalue weighted by Gasteiger charge is 2.13. The van der Waals surface area contributed by atoms with Crippen LogP contribution in [0.1, 0.15) is 55.2 Å². The molecule has 3 N–H and O–H groups in total. The Morgan fingerprint density at radius 1 is 0.854 bits per heavy atom. The fourth-order valence-electron chi connectivity index (χ4n) is 3.20. The molecule has 3 rings (SSSR count). The van der Waals surface area contributed by atoms with Crippen LogP contribution in [-0.2, 0) is 43.2 Å². The van der Waals surface area contributed by atoms with Crippen molar-refractivity contribution < 1.29 is 53.6 Å². The van der Waals surface area contributed by atoms with Crippen molar-refractivity contribution in [3.63, 3.8) is 0 Å². The average molecular weight is 667 g/mol. The van der Waals surface area contributed by atoms with Crippen molar-refractivity contribution in [1.82, 2.24) is 15.0 Å². The van der Waals surface area contributed by atoms with Crippen molar-refractivity contribution in [2.24, 2.45) is 5.11 Å². The van der Waals surface area contributed by atoms with Crippen LogP contribution >= 0.6 is 0 Å². The van der Waals surface area contributed by atoms with E-state index in [0.29, 0.717) is 19.3 Å². The van der Waals surface area contributed by atoms with Crippen molar-refractivity contribution in [3.05, 3.63) is 93.1 Å². The number of carboxylic acid groups (broad SMARTS) is 2. The molecule has 48 heavy (non-hydrogen) atoms. The quantitative estimate of drug-likeness (QED) is 0.0451. The zero-order chi connectivity index (χ0) is 36.5. The number of aliphatic hydroxyl groups excluding tert-OH is 1. The van der Waals surface area contributed by atoms with Crippen LogP contribution in [0.3, 0.4) is 0 Å². The molecule has 0 aliphatic rings. The lowest BCUT2D eigenvalue weighted by molar-refractivity contribution is -0.141. The van der Waals surface area contributed by atoms with Gasteiger partial charge in [0.15, 0.2) is 5.78 Å². The third-order valence-electron chi connectivity index (χ3n) is 5.68. The van der Waals surface area contributed by atoms with Gasteiger partial charge < -0.3 is 24.8 Å². The summed E-state index contributed by atoms with van der Waals surface area (Å²) in [6.07, 6.45) is 7.83. The molecule has 0 aliphatic carbocycles. The number of nitrogens with zero attached hydrogens (tertiary/aromatic N) is 6. The number of ketones is 2. The van der Waals surface area contributed by atoms with E-state index in [1.807, 2.05) is 5.92 Å². The van der Waals surface area contributed by atoms with Crippen LogP contribution in [-0.4, -0.2) is 93.6 Å². The summed E-state index contributed by atoms with van der Waals surface area (Å²) < 4.78 is 9.89. The van der Waals surface area contributed by atoms with Crippen LogP contribution in [0.5, 0.6) is 0 Å². The largest absolute Gasteiger partial charge is 0.478 e. The number of azide groups is 1. The van der Waals surface area contributed by atoms with E-state index in [0.717, 1.165) is 18.2 Å². The number of aryl methyl sites for hydroxylation is 2. The molecule has 1 aromatic heterocycles. The van der Waals surface area contributed by atoms with Gasteiger partial charge in [0.25, 0.3) is 0 Å². The summed E-state index contributed by atoms with van der Waals surface area (Å²) in [5.74, 6) is -1.36. The lowest BCUT2D eigenvalue weighted by Crippen LogP contribution is -2.11. The first-order chi connectivity index (χ1) is 22.9. The summed E-state index contributed by atoms with van der Waals surface area (Å²) in [7, 11) is 3.50. The smallest absolute Gasteiger partial charge is 0.335 e. The van der Waals surface area contributed by atoms with Crippen LogP contribution in [0.2, 0.25) is 0 Å². The van der Waals surface area contributed by atoms with E-state index in [-0.39, 0.29) is 47.9 Å². The van der Waals surface area contributed by atoms with Crippen molar-refractivity contribution in [1.29, 1.82) is 0 Å². The van der Waals surface area contributed by atoms with E-state index in [1.54, 1.807) is 24.3 Å². The molecule has 0 unspecified atom stereocenters. The van der Waals surface area contributed by atoms with Gasteiger partial charge in [-0.25, -0.2) is 14.3 Å². The van der Waals surface area contributed by atoms with Crippen LogP contribution in [0.25, 0.3) is 10.4 Å². The fraction of sp³-hybridized carbons (Fsp3) is 0.290. The van der Waals surface area contributed by atoms with Gasteiger partial charge in [-0.2, -0.15) is 0 Å². The van der Waals surface area contributed by atoms with Gasteiger partial charge in [-0.1, -0.05) is 34.6 Å². The zero-order valence-corrected chi connectivity index (χ0v) is 26.3. The van der Waals surface area contributed by atoms with Gasteiger partial charge >= 0.3 is 23.9 Å². The molecule has 254 valence electrons. The number of benzene rings is 2. The number of esters is 2. The topological polar surface area (TPSA) is 261 Å². The molecule has 0 bridgehead atoms. The molecule has 3 aromatic rings. The monoisotopic (exact) mass is 666 g/mol. The first-order valence-electron chi connectivity index (χ1n) is 13.6. The maximum absolute atomic E-state index is 12.0. The van der Waals surface area contributed by atoms with E-state index >= 15 is 0 Å². The number of hydrogen-bond donors (Lipinski definition) is 3. The first-order valence-corrected chi connectivity index (χ1v) is 13.6. The van der Waals surface area contributed by atoms with Gasteiger partial charge in [0, 0.05) is 24.9 Å². The van der Waals surface area contributed by atoms with Gasteiger partial charge in [0.05, 0.1) is 31.5 Å². The van der Waals surface area contributed by atoms with Crippen LogP contribution in [0.15, 0.2) is 59.8 Å². The van der Waals surface area contributed by atoms with Crippen molar-refractivity contribution in [3.8, 4) is 12.3 Å². The minimum atomic E-state index is -0.991. The Bertz CT molecular complexity index is 1600. The highest BCUT2D eigenvalue weighted by atomic mass is 16.5. The Morgan fingerprint density at radius 2 is 1.33 bits per heavy atom. The number of terminal acetylenes is 1. The predicted molar refractivity (Wildman–Crippen MR) is 168 cm³/mol. The summed E-state index contributed by atoms with van der Waals surface area (Å²) in [4.78, 5) is 67.7. The molecule has 0 aliphatic heterocycles. The van der Waals surface area contributed by atoms with Crippen molar-refractivity contribution in [2.75, 3.05) is 27.9 Å². The lowest BCUT2D eigenvalue weighted by atomic mass is 10.0. The van der Waals surface area contributed by atoms with E-state index in [9.17, 15) is 28.8 Å². The highest BCUT2D eigenvalue weighted by molar-refractivity contribution is 5.95. The molecular weight excluding hydrogens is 632 g/mol. The average Bonchev–Trinajstić information content (AvgIpc) is 3.58. The molecular formula is C31H34N6O11. The molecule has 0 saturated carbocycles. The summed E-state index contributed by atoms with van der Waals surface area (Å²) >= 11 is 0. The molecule has 0 amide bonds. The van der Waals surface area contributed by atoms with E-state index in [2.05, 4.69) is 29.8 Å². The number of carboxylic acids is 2. The number of aliphatic hydroxyl groups is 1. The third kappa shape index (κ3) is 17.2. The molecule has 17 heteroatoms. The molecule has 0 atom stereocenters. The third-order valence-corrected chi connectivity index (χ3v) is 5.68. The summed E-state index contributed by atoms with van der Waals surface area (Å²) in [6.45, 7) is -0.333. The SMILES string of the molecule is C#CC(=O)CCc1ccc(C(=O)O)cc1.CO.COC(=O)CN=[N+]=[N-].COC(=O)Cn1cc(C(=O)CCc2ccc(C(=O)O)cc2)nn1. The maximum Gasteiger partial charge on any atom is 0.335 e. The highest BCUT2D eigenvalue weighted by Crippen LogP contribution is 2.10. The maximum atomic E-state index is 12.0. The molecule has 17 nitrogen and oxygen atoms in total. The molecule has 0 radical (unpaired) electrons. The zero-order valence-electron chi connectivity index (χ0n) is 26.3. The molecule has 0 saturated heterocycles. The van der Waals surface area contributed by atoms with Gasteiger partial charge in [-0.3, -0.25) is 19.2 Å². The minimum absolute atomic E-state index is 0.104. The summed E-state index contributed by atoms with van der Waals surface area (Å²) in [5, 5.41) is 34.8. The normalized spacial score (nSPS) is 9.15. The number of rotatable bonds is 13. The Hall–Kier alpha value is -6.37. The number of aromatic nitrogens is 3. The van der Waals surface area contributed by atoms with Gasteiger partial charge in [-0.15, -0.1) is 11.5 Å². The number of carbonyl (C=O) groups excluding carboxylic acids is 4. The number of methoxy groups -OCH3 is 2. The first kappa shape index (κ1) is 41.6. The molecule has 0 fully saturated rings. The Labute approximate surface area is 274 Å². The van der Waals surface area contributed by atoms with Gasteiger partial charge in [-0.05, 0) is 59.7 Å². The van der Waals surface area contributed by atoms with Crippen LogP contribution in [0.4, 0.5) is 0 Å². The number of hydrogen-bond acceptors (Lipinski definition) is 12. The number of ether oxygens (including phenoxy) is 2. The predicted octanol–water partition coefficient (Wildman–Crippen LogP) is 2.56. The molecule has 2 aromatic carbocycles. The van der Waals surface area contributed by atoms with Gasteiger partial charge in [0.2, 0.25) is 5.78 Å². The van der Waals surface area contributed by atoms with E-state index in [1.165, 1.54) is 49.4 Å². The summed E-state index contributed by atoms with van der Waals surface area (Å²) in [6, 6.07) is 12.7. The van der Waals surface area contributed by atoms with E-state index in [4.69, 9.17) is 27.3 Å². The second kappa shape index (κ2) is 23.9. The Balaban J connectivity index is 0.000000757. The second-order valence-electron chi connectivity index (χ2n) is 8.84. The molecule has 1 heterocycles. The van der Waals surface area contributed by atoms with Crippen molar-refractivity contribution in [2.45, 2.75) is 32.2 Å². The molecule has 0 spiro atoms. The minimum Gasteiger partial charge on any atom is -0.478 e. The number of aromatic carboxylic acids is 2. The van der Waals surface area contributed by atoms with Crippen molar-refractivity contribution >= 4 is 35.4 Å². The summed E-state index contributed by atoms with van der Waals surface area (Å²) in [5.41, 5.74) is 10.0. The fourth-order valence-corrected chi connectivity index (χ4v) is 3.20.